The largest absolute Gasteiger partial charge is 0.273 e. The molecule has 0 saturated heterocycles. The van der Waals surface area contributed by atoms with Crippen LogP contribution in [0.25, 0.3) is 11.0 Å². The van der Waals surface area contributed by atoms with Crippen molar-refractivity contribution in [2.75, 3.05) is 0 Å². The molecular formula is C21H19ClN4O. The van der Waals surface area contributed by atoms with Gasteiger partial charge in [-0.1, -0.05) is 43.6 Å². The normalized spacial score (nSPS) is 16.8. The summed E-state index contributed by atoms with van der Waals surface area (Å²) in [4.78, 5) is 21.5. The molecule has 5 nitrogen and oxygen atoms in total. The Morgan fingerprint density at radius 1 is 1.07 bits per heavy atom. The SMILES string of the molecule is CC(C)C(=O)N1N=C(c2ccc(Cl)cc2)CC1c1ccc2nccnc2c1. The van der Waals surface area contributed by atoms with Gasteiger partial charge in [0.2, 0.25) is 5.91 Å². The van der Waals surface area contributed by atoms with Crippen LogP contribution in [0.4, 0.5) is 0 Å². The average Bonchev–Trinajstić information content (AvgIpc) is 3.12. The monoisotopic (exact) mass is 378 g/mol. The Bertz CT molecular complexity index is 1030. The van der Waals surface area contributed by atoms with E-state index < -0.39 is 0 Å². The minimum Gasteiger partial charge on any atom is -0.273 e. The topological polar surface area (TPSA) is 58.5 Å². The molecule has 0 N–H and O–H groups in total. The summed E-state index contributed by atoms with van der Waals surface area (Å²) in [5.74, 6) is -0.135. The van der Waals surface area contributed by atoms with Gasteiger partial charge in [0.1, 0.15) is 0 Å². The molecule has 27 heavy (non-hydrogen) atoms. The van der Waals surface area contributed by atoms with Crippen LogP contribution in [-0.4, -0.2) is 26.6 Å². The molecule has 1 aliphatic rings. The van der Waals surface area contributed by atoms with Gasteiger partial charge in [-0.05, 0) is 35.4 Å². The lowest BCUT2D eigenvalue weighted by Crippen LogP contribution is -2.30. The number of hydrogen-bond donors (Lipinski definition) is 0. The number of hydrazone groups is 1. The van der Waals surface area contributed by atoms with Gasteiger partial charge in [0.05, 0.1) is 22.8 Å². The molecule has 0 fully saturated rings. The van der Waals surface area contributed by atoms with Gasteiger partial charge in [0.25, 0.3) is 0 Å². The molecule has 0 radical (unpaired) electrons. The van der Waals surface area contributed by atoms with Gasteiger partial charge < -0.3 is 0 Å². The zero-order chi connectivity index (χ0) is 19.0. The number of carbonyl (C=O) groups is 1. The molecular weight excluding hydrogens is 360 g/mol. The Morgan fingerprint density at radius 3 is 2.48 bits per heavy atom. The standard InChI is InChI=1S/C21H19ClN4O/c1-13(2)21(27)26-20(12-18(25-26)14-3-6-16(22)7-4-14)15-5-8-17-19(11-15)24-10-9-23-17/h3-11,13,20H,12H2,1-2H3. The number of nitrogens with zero attached hydrogens (tertiary/aromatic N) is 4. The zero-order valence-electron chi connectivity index (χ0n) is 15.1. The van der Waals surface area contributed by atoms with Crippen molar-refractivity contribution in [1.29, 1.82) is 0 Å². The Kier molecular flexibility index (Phi) is 4.62. The maximum atomic E-state index is 12.8. The van der Waals surface area contributed by atoms with Gasteiger partial charge in [-0.25, -0.2) is 5.01 Å². The Balaban J connectivity index is 1.73. The zero-order valence-corrected chi connectivity index (χ0v) is 15.9. The van der Waals surface area contributed by atoms with Crippen molar-refractivity contribution in [3.05, 3.63) is 71.0 Å². The van der Waals surface area contributed by atoms with Crippen LogP contribution in [0.5, 0.6) is 0 Å². The van der Waals surface area contributed by atoms with Crippen LogP contribution < -0.4 is 0 Å². The molecule has 1 atom stereocenters. The van der Waals surface area contributed by atoms with E-state index in [0.717, 1.165) is 27.9 Å². The van der Waals surface area contributed by atoms with Gasteiger partial charge in [-0.2, -0.15) is 5.10 Å². The van der Waals surface area contributed by atoms with Crippen LogP contribution >= 0.6 is 11.6 Å². The summed E-state index contributed by atoms with van der Waals surface area (Å²) in [5.41, 5.74) is 4.50. The lowest BCUT2D eigenvalue weighted by atomic mass is 9.97. The first-order valence-electron chi connectivity index (χ1n) is 8.90. The fourth-order valence-corrected chi connectivity index (χ4v) is 3.37. The molecule has 2 heterocycles. The molecule has 0 saturated carbocycles. The van der Waals surface area contributed by atoms with E-state index >= 15 is 0 Å². The lowest BCUT2D eigenvalue weighted by molar-refractivity contribution is -0.136. The first-order chi connectivity index (χ1) is 13.0. The van der Waals surface area contributed by atoms with E-state index in [1.54, 1.807) is 17.4 Å². The first-order valence-corrected chi connectivity index (χ1v) is 9.28. The lowest BCUT2D eigenvalue weighted by Gasteiger charge is -2.23. The fourth-order valence-electron chi connectivity index (χ4n) is 3.24. The number of halogens is 1. The second-order valence-electron chi connectivity index (χ2n) is 6.92. The van der Waals surface area contributed by atoms with E-state index in [-0.39, 0.29) is 17.9 Å². The molecule has 0 spiro atoms. The van der Waals surface area contributed by atoms with Crippen molar-refractivity contribution in [3.63, 3.8) is 0 Å². The Hall–Kier alpha value is -2.79. The molecule has 1 aliphatic heterocycles. The van der Waals surface area contributed by atoms with E-state index in [1.165, 1.54) is 0 Å². The van der Waals surface area contributed by atoms with Gasteiger partial charge in [0, 0.05) is 29.8 Å². The van der Waals surface area contributed by atoms with E-state index in [0.29, 0.717) is 11.4 Å². The van der Waals surface area contributed by atoms with Crippen LogP contribution in [0.3, 0.4) is 0 Å². The van der Waals surface area contributed by atoms with Crippen molar-refractivity contribution in [2.45, 2.75) is 26.3 Å². The van der Waals surface area contributed by atoms with Crippen LogP contribution in [0.15, 0.2) is 60.0 Å². The number of rotatable bonds is 3. The number of amides is 1. The number of fused-ring (bicyclic) bond motifs is 1. The third kappa shape index (κ3) is 3.43. The van der Waals surface area contributed by atoms with E-state index in [9.17, 15) is 4.79 Å². The van der Waals surface area contributed by atoms with Crippen molar-refractivity contribution in [1.82, 2.24) is 15.0 Å². The second-order valence-corrected chi connectivity index (χ2v) is 7.35. The van der Waals surface area contributed by atoms with E-state index in [2.05, 4.69) is 15.1 Å². The van der Waals surface area contributed by atoms with Gasteiger partial charge in [-0.3, -0.25) is 14.8 Å². The fraction of sp³-hybridized carbons (Fsp3) is 0.238. The summed E-state index contributed by atoms with van der Waals surface area (Å²) in [5, 5.41) is 6.96. The maximum absolute atomic E-state index is 12.8. The summed E-state index contributed by atoms with van der Waals surface area (Å²) >= 11 is 6.00. The van der Waals surface area contributed by atoms with Crippen LogP contribution in [-0.2, 0) is 4.79 Å². The molecule has 2 aromatic carbocycles. The van der Waals surface area contributed by atoms with Gasteiger partial charge in [-0.15, -0.1) is 0 Å². The first kappa shape index (κ1) is 17.6. The highest BCUT2D eigenvalue weighted by molar-refractivity contribution is 6.30. The van der Waals surface area contributed by atoms with Crippen LogP contribution in [0.2, 0.25) is 5.02 Å². The van der Waals surface area contributed by atoms with Crippen LogP contribution in [0.1, 0.15) is 37.4 Å². The van der Waals surface area contributed by atoms with Crippen molar-refractivity contribution in [2.24, 2.45) is 11.0 Å². The Morgan fingerprint density at radius 2 is 1.78 bits per heavy atom. The second kappa shape index (κ2) is 7.08. The third-order valence-corrected chi connectivity index (χ3v) is 4.94. The van der Waals surface area contributed by atoms with E-state index in [4.69, 9.17) is 11.6 Å². The van der Waals surface area contributed by atoms with E-state index in [1.807, 2.05) is 56.3 Å². The number of benzene rings is 2. The summed E-state index contributed by atoms with van der Waals surface area (Å²) in [7, 11) is 0. The predicted octanol–water partition coefficient (Wildman–Crippen LogP) is 4.62. The van der Waals surface area contributed by atoms with Gasteiger partial charge in [0.15, 0.2) is 0 Å². The summed E-state index contributed by atoms with van der Waals surface area (Å²) < 4.78 is 0. The van der Waals surface area contributed by atoms with Crippen molar-refractivity contribution >= 4 is 34.3 Å². The minimum atomic E-state index is -0.156. The highest BCUT2D eigenvalue weighted by Crippen LogP contribution is 2.34. The summed E-state index contributed by atoms with van der Waals surface area (Å²) in [6.45, 7) is 3.78. The summed E-state index contributed by atoms with van der Waals surface area (Å²) in [6.07, 6.45) is 3.99. The maximum Gasteiger partial charge on any atom is 0.245 e. The highest BCUT2D eigenvalue weighted by Gasteiger charge is 2.34. The average molecular weight is 379 g/mol. The number of carbonyl (C=O) groups excluding carboxylic acids is 1. The van der Waals surface area contributed by atoms with Crippen LogP contribution in [0, 0.1) is 5.92 Å². The molecule has 3 aromatic rings. The quantitative estimate of drug-likeness (QED) is 0.668. The molecule has 1 unspecified atom stereocenters. The Labute approximate surface area is 162 Å². The summed E-state index contributed by atoms with van der Waals surface area (Å²) in [6, 6.07) is 13.3. The molecule has 6 heteroatoms. The molecule has 1 amide bonds. The molecule has 4 rings (SSSR count). The number of hydrogen-bond acceptors (Lipinski definition) is 4. The minimum absolute atomic E-state index is 0.00297. The van der Waals surface area contributed by atoms with Crippen molar-refractivity contribution in [3.8, 4) is 0 Å². The van der Waals surface area contributed by atoms with Crippen molar-refractivity contribution < 1.29 is 4.79 Å². The molecule has 0 bridgehead atoms. The van der Waals surface area contributed by atoms with Gasteiger partial charge >= 0.3 is 0 Å². The third-order valence-electron chi connectivity index (χ3n) is 4.69. The molecule has 0 aliphatic carbocycles. The molecule has 1 aromatic heterocycles. The smallest absolute Gasteiger partial charge is 0.245 e. The predicted molar refractivity (Wildman–Crippen MR) is 107 cm³/mol. The molecule has 136 valence electrons. The number of aromatic nitrogens is 2. The highest BCUT2D eigenvalue weighted by atomic mass is 35.5.